The van der Waals surface area contributed by atoms with E-state index in [1.54, 1.807) is 6.20 Å². The average Bonchev–Trinajstić information content (AvgIpc) is 2.90. The van der Waals surface area contributed by atoms with Gasteiger partial charge in [0.25, 0.3) is 0 Å². The average molecular weight is 235 g/mol. The zero-order valence-corrected chi connectivity index (χ0v) is 10.5. The first-order valence-corrected chi connectivity index (χ1v) is 6.58. The van der Waals surface area contributed by atoms with Gasteiger partial charge in [-0.3, -0.25) is 4.79 Å². The minimum atomic E-state index is 0.324. The number of nitrogens with one attached hydrogen (secondary N) is 1. The summed E-state index contributed by atoms with van der Waals surface area (Å²) < 4.78 is 0. The number of aromatic nitrogens is 2. The lowest BCUT2D eigenvalue weighted by atomic mass is 9.96. The molecule has 1 aromatic rings. The number of amides is 1. The van der Waals surface area contributed by atoms with Crippen molar-refractivity contribution in [3.63, 3.8) is 0 Å². The van der Waals surface area contributed by atoms with Crippen molar-refractivity contribution in [3.8, 4) is 0 Å². The van der Waals surface area contributed by atoms with Crippen LogP contribution in [0.4, 0.5) is 0 Å². The molecule has 1 aliphatic rings. The monoisotopic (exact) mass is 235 g/mol. The van der Waals surface area contributed by atoms with Crippen molar-refractivity contribution in [1.82, 2.24) is 14.9 Å². The van der Waals surface area contributed by atoms with Gasteiger partial charge in [-0.15, -0.1) is 0 Å². The van der Waals surface area contributed by atoms with Gasteiger partial charge in [-0.2, -0.15) is 0 Å². The third-order valence-electron chi connectivity index (χ3n) is 3.50. The van der Waals surface area contributed by atoms with Crippen molar-refractivity contribution in [3.05, 3.63) is 18.2 Å². The highest BCUT2D eigenvalue weighted by Crippen LogP contribution is 2.25. The van der Waals surface area contributed by atoms with E-state index in [1.807, 2.05) is 11.1 Å². The number of likely N-dealkylation sites (tertiary alicyclic amines) is 1. The normalized spacial score (nSPS) is 17.4. The van der Waals surface area contributed by atoms with Crippen molar-refractivity contribution in [2.75, 3.05) is 13.1 Å². The second-order valence-corrected chi connectivity index (χ2v) is 4.73. The van der Waals surface area contributed by atoms with Crippen LogP contribution in [0.5, 0.6) is 0 Å². The van der Waals surface area contributed by atoms with Crippen LogP contribution in [-0.2, 0) is 4.79 Å². The summed E-state index contributed by atoms with van der Waals surface area (Å²) in [5.41, 5.74) is 0. The van der Waals surface area contributed by atoms with Crippen molar-refractivity contribution in [2.24, 2.45) is 0 Å². The number of H-pyrrole nitrogens is 1. The Balaban J connectivity index is 1.80. The van der Waals surface area contributed by atoms with Crippen molar-refractivity contribution in [1.29, 1.82) is 0 Å². The van der Waals surface area contributed by atoms with E-state index in [1.165, 1.54) is 0 Å². The van der Waals surface area contributed by atoms with Crippen LogP contribution >= 0.6 is 0 Å². The smallest absolute Gasteiger partial charge is 0.222 e. The molecule has 1 saturated heterocycles. The number of aromatic amines is 1. The summed E-state index contributed by atoms with van der Waals surface area (Å²) in [6.45, 7) is 3.89. The molecule has 2 rings (SSSR count). The molecule has 2 heterocycles. The number of carbonyl (C=O) groups excluding carboxylic acids is 1. The van der Waals surface area contributed by atoms with Gasteiger partial charge >= 0.3 is 0 Å². The number of rotatable bonds is 4. The topological polar surface area (TPSA) is 49.0 Å². The van der Waals surface area contributed by atoms with Gasteiger partial charge in [-0.25, -0.2) is 4.98 Å². The highest BCUT2D eigenvalue weighted by Gasteiger charge is 2.24. The van der Waals surface area contributed by atoms with Crippen LogP contribution in [0.2, 0.25) is 0 Å². The van der Waals surface area contributed by atoms with Crippen LogP contribution < -0.4 is 0 Å². The standard InChI is InChI=1S/C13H21N3O/c1-2-3-4-12(17)16-9-5-11(6-10-16)13-14-7-8-15-13/h7-8,11H,2-6,9-10H2,1H3,(H,14,15). The lowest BCUT2D eigenvalue weighted by Gasteiger charge is -2.31. The molecule has 0 unspecified atom stereocenters. The molecule has 0 aromatic carbocycles. The fourth-order valence-electron chi connectivity index (χ4n) is 2.39. The summed E-state index contributed by atoms with van der Waals surface area (Å²) in [7, 11) is 0. The van der Waals surface area contributed by atoms with Crippen molar-refractivity contribution in [2.45, 2.75) is 44.9 Å². The van der Waals surface area contributed by atoms with Gasteiger partial charge in [0.15, 0.2) is 0 Å². The van der Waals surface area contributed by atoms with E-state index in [9.17, 15) is 4.79 Å². The Morgan fingerprint density at radius 2 is 2.29 bits per heavy atom. The van der Waals surface area contributed by atoms with Gasteiger partial charge < -0.3 is 9.88 Å². The number of carbonyl (C=O) groups is 1. The van der Waals surface area contributed by atoms with Gasteiger partial charge in [0, 0.05) is 37.8 Å². The van der Waals surface area contributed by atoms with Crippen LogP contribution in [0.15, 0.2) is 12.4 Å². The number of piperidine rings is 1. The summed E-state index contributed by atoms with van der Waals surface area (Å²) in [4.78, 5) is 21.3. The van der Waals surface area contributed by atoms with E-state index >= 15 is 0 Å². The zero-order chi connectivity index (χ0) is 12.1. The largest absolute Gasteiger partial charge is 0.348 e. The Hall–Kier alpha value is -1.32. The number of hydrogen-bond acceptors (Lipinski definition) is 2. The molecule has 17 heavy (non-hydrogen) atoms. The third-order valence-corrected chi connectivity index (χ3v) is 3.50. The summed E-state index contributed by atoms with van der Waals surface area (Å²) in [6, 6.07) is 0. The number of unbranched alkanes of at least 4 members (excludes halogenated alkanes) is 1. The molecule has 1 amide bonds. The molecule has 1 fully saturated rings. The molecule has 1 aromatic heterocycles. The summed E-state index contributed by atoms with van der Waals surface area (Å²) >= 11 is 0. The van der Waals surface area contributed by atoms with E-state index < -0.39 is 0 Å². The van der Waals surface area contributed by atoms with Crippen molar-refractivity contribution >= 4 is 5.91 Å². The van der Waals surface area contributed by atoms with Crippen LogP contribution in [-0.4, -0.2) is 33.9 Å². The Kier molecular flexibility index (Phi) is 4.18. The van der Waals surface area contributed by atoms with Gasteiger partial charge in [0.1, 0.15) is 5.82 Å². The molecular formula is C13H21N3O. The van der Waals surface area contributed by atoms with Crippen molar-refractivity contribution < 1.29 is 4.79 Å². The molecule has 0 bridgehead atoms. The van der Waals surface area contributed by atoms with E-state index in [4.69, 9.17) is 0 Å². The fraction of sp³-hybridized carbons (Fsp3) is 0.692. The number of imidazole rings is 1. The second-order valence-electron chi connectivity index (χ2n) is 4.73. The Morgan fingerprint density at radius 3 is 2.88 bits per heavy atom. The lowest BCUT2D eigenvalue weighted by molar-refractivity contribution is -0.132. The molecule has 4 heteroatoms. The Labute approximate surface area is 102 Å². The summed E-state index contributed by atoms with van der Waals surface area (Å²) in [5, 5.41) is 0. The Bertz CT molecular complexity index is 340. The first-order chi connectivity index (χ1) is 8.31. The fourth-order valence-corrected chi connectivity index (χ4v) is 2.39. The SMILES string of the molecule is CCCCC(=O)N1CCC(c2ncc[nH]2)CC1. The molecule has 4 nitrogen and oxygen atoms in total. The minimum Gasteiger partial charge on any atom is -0.348 e. The van der Waals surface area contributed by atoms with Crippen LogP contribution in [0.25, 0.3) is 0 Å². The quantitative estimate of drug-likeness (QED) is 0.870. The maximum absolute atomic E-state index is 11.9. The minimum absolute atomic E-state index is 0.324. The Morgan fingerprint density at radius 1 is 1.53 bits per heavy atom. The van der Waals surface area contributed by atoms with Crippen LogP contribution in [0.1, 0.15) is 50.8 Å². The van der Waals surface area contributed by atoms with Gasteiger partial charge in [0.05, 0.1) is 0 Å². The first kappa shape index (κ1) is 12.1. The highest BCUT2D eigenvalue weighted by molar-refractivity contribution is 5.76. The zero-order valence-electron chi connectivity index (χ0n) is 10.5. The van der Waals surface area contributed by atoms with Crippen LogP contribution in [0, 0.1) is 0 Å². The van der Waals surface area contributed by atoms with Crippen LogP contribution in [0.3, 0.4) is 0 Å². The predicted molar refractivity (Wildman–Crippen MR) is 66.7 cm³/mol. The van der Waals surface area contributed by atoms with Gasteiger partial charge in [-0.05, 0) is 19.3 Å². The number of hydrogen-bond donors (Lipinski definition) is 1. The highest BCUT2D eigenvalue weighted by atomic mass is 16.2. The van der Waals surface area contributed by atoms with E-state index in [-0.39, 0.29) is 0 Å². The lowest BCUT2D eigenvalue weighted by Crippen LogP contribution is -2.37. The maximum atomic E-state index is 11.9. The number of nitrogens with zero attached hydrogens (tertiary/aromatic N) is 2. The molecule has 1 N–H and O–H groups in total. The summed E-state index contributed by atoms with van der Waals surface area (Å²) in [6.07, 6.45) is 8.55. The molecule has 1 aliphatic heterocycles. The van der Waals surface area contributed by atoms with E-state index in [2.05, 4.69) is 16.9 Å². The molecule has 0 spiro atoms. The molecule has 0 aliphatic carbocycles. The molecule has 0 atom stereocenters. The molecular weight excluding hydrogens is 214 g/mol. The second kappa shape index (κ2) is 5.84. The first-order valence-electron chi connectivity index (χ1n) is 6.58. The van der Waals surface area contributed by atoms with E-state index in [0.29, 0.717) is 18.2 Å². The predicted octanol–water partition coefficient (Wildman–Crippen LogP) is 2.31. The van der Waals surface area contributed by atoms with Gasteiger partial charge in [0.2, 0.25) is 5.91 Å². The maximum Gasteiger partial charge on any atom is 0.222 e. The molecule has 94 valence electrons. The molecule has 0 saturated carbocycles. The van der Waals surface area contributed by atoms with Gasteiger partial charge in [-0.1, -0.05) is 13.3 Å². The third kappa shape index (κ3) is 3.08. The molecule has 0 radical (unpaired) electrons. The van der Waals surface area contributed by atoms with E-state index in [0.717, 1.165) is 44.6 Å². The summed E-state index contributed by atoms with van der Waals surface area (Å²) in [5.74, 6) is 1.90.